The molecule has 7 heteroatoms. The van der Waals surface area contributed by atoms with E-state index in [2.05, 4.69) is 21.7 Å². The van der Waals surface area contributed by atoms with Gasteiger partial charge >= 0.3 is 0 Å². The van der Waals surface area contributed by atoms with E-state index >= 15 is 0 Å². The van der Waals surface area contributed by atoms with E-state index in [1.54, 1.807) is 34.8 Å². The molecule has 3 aromatic rings. The molecular formula is C21H22FN3OS2. The Kier molecular flexibility index (Phi) is 6.14. The van der Waals surface area contributed by atoms with Crippen LogP contribution < -0.4 is 0 Å². The maximum absolute atomic E-state index is 13.1. The zero-order valence-electron chi connectivity index (χ0n) is 15.5. The van der Waals surface area contributed by atoms with Gasteiger partial charge in [0.15, 0.2) is 0 Å². The number of nitrogens with zero attached hydrogens (tertiary/aromatic N) is 3. The molecule has 146 valence electrons. The van der Waals surface area contributed by atoms with Crippen molar-refractivity contribution in [1.29, 1.82) is 0 Å². The standard InChI is InChI=1S/C21H22FN3OS2/c22-17-5-3-16(4-6-17)21-23-18(15-28-21)14-24-9-11-25(12-10-24)20(26)8-7-19-2-1-13-27-19/h1-6,13,15H,7-12,14H2. The van der Waals surface area contributed by atoms with Crippen molar-refractivity contribution < 1.29 is 9.18 Å². The molecule has 0 saturated carbocycles. The van der Waals surface area contributed by atoms with E-state index in [0.29, 0.717) is 6.42 Å². The quantitative estimate of drug-likeness (QED) is 0.603. The Bertz CT molecular complexity index is 900. The van der Waals surface area contributed by atoms with E-state index in [-0.39, 0.29) is 11.7 Å². The largest absolute Gasteiger partial charge is 0.340 e. The molecule has 1 aliphatic heterocycles. The highest BCUT2D eigenvalue weighted by Crippen LogP contribution is 2.24. The number of halogens is 1. The average molecular weight is 416 g/mol. The highest BCUT2D eigenvalue weighted by Gasteiger charge is 2.21. The fourth-order valence-corrected chi connectivity index (χ4v) is 4.86. The van der Waals surface area contributed by atoms with Crippen LogP contribution in [0.1, 0.15) is 17.0 Å². The molecule has 0 bridgehead atoms. The number of aromatic nitrogens is 1. The molecular weight excluding hydrogens is 393 g/mol. The highest BCUT2D eigenvalue weighted by molar-refractivity contribution is 7.13. The van der Waals surface area contributed by atoms with Crippen molar-refractivity contribution in [1.82, 2.24) is 14.8 Å². The lowest BCUT2D eigenvalue weighted by Crippen LogP contribution is -2.48. The zero-order chi connectivity index (χ0) is 19.3. The van der Waals surface area contributed by atoms with Gasteiger partial charge in [-0.15, -0.1) is 22.7 Å². The predicted octanol–water partition coefficient (Wildman–Crippen LogP) is 4.29. The summed E-state index contributed by atoms with van der Waals surface area (Å²) in [6.45, 7) is 4.08. The summed E-state index contributed by atoms with van der Waals surface area (Å²) in [4.78, 5) is 22.7. The Hall–Kier alpha value is -2.09. The monoisotopic (exact) mass is 415 g/mol. The van der Waals surface area contributed by atoms with Crippen LogP contribution in [-0.4, -0.2) is 46.9 Å². The van der Waals surface area contributed by atoms with Gasteiger partial charge in [0, 0.05) is 55.0 Å². The number of hydrogen-bond acceptors (Lipinski definition) is 5. The minimum Gasteiger partial charge on any atom is -0.340 e. The van der Waals surface area contributed by atoms with Crippen LogP contribution >= 0.6 is 22.7 Å². The summed E-state index contributed by atoms with van der Waals surface area (Å²) < 4.78 is 13.1. The van der Waals surface area contributed by atoms with E-state index < -0.39 is 0 Å². The zero-order valence-corrected chi connectivity index (χ0v) is 17.1. The van der Waals surface area contributed by atoms with Crippen LogP contribution in [0.25, 0.3) is 10.6 Å². The first-order chi connectivity index (χ1) is 13.7. The first-order valence-electron chi connectivity index (χ1n) is 9.40. The summed E-state index contributed by atoms with van der Waals surface area (Å²) >= 11 is 3.29. The van der Waals surface area contributed by atoms with E-state index in [1.165, 1.54) is 17.0 Å². The van der Waals surface area contributed by atoms with Gasteiger partial charge < -0.3 is 4.90 Å². The van der Waals surface area contributed by atoms with Gasteiger partial charge in [-0.1, -0.05) is 6.07 Å². The van der Waals surface area contributed by atoms with Gasteiger partial charge in [-0.25, -0.2) is 9.37 Å². The number of benzene rings is 1. The molecule has 1 fully saturated rings. The number of carbonyl (C=O) groups excluding carboxylic acids is 1. The lowest BCUT2D eigenvalue weighted by Gasteiger charge is -2.34. The fourth-order valence-electron chi connectivity index (χ4n) is 3.33. The van der Waals surface area contributed by atoms with Crippen LogP contribution in [0.15, 0.2) is 47.2 Å². The van der Waals surface area contributed by atoms with Crippen LogP contribution in [0.5, 0.6) is 0 Å². The SMILES string of the molecule is O=C(CCc1cccs1)N1CCN(Cc2csc(-c3ccc(F)cc3)n2)CC1. The molecule has 2 aromatic heterocycles. The van der Waals surface area contributed by atoms with Gasteiger partial charge in [0.2, 0.25) is 5.91 Å². The Balaban J connectivity index is 1.25. The van der Waals surface area contributed by atoms with Crippen LogP contribution in [-0.2, 0) is 17.8 Å². The highest BCUT2D eigenvalue weighted by atomic mass is 32.1. The fraction of sp³-hybridized carbons (Fsp3) is 0.333. The Morgan fingerprint density at radius 3 is 2.57 bits per heavy atom. The molecule has 1 amide bonds. The maximum atomic E-state index is 13.1. The molecule has 0 N–H and O–H groups in total. The molecule has 1 aliphatic rings. The summed E-state index contributed by atoms with van der Waals surface area (Å²) in [7, 11) is 0. The lowest BCUT2D eigenvalue weighted by atomic mass is 10.2. The van der Waals surface area contributed by atoms with Crippen molar-refractivity contribution >= 4 is 28.6 Å². The molecule has 0 unspecified atom stereocenters. The first-order valence-corrected chi connectivity index (χ1v) is 11.2. The third-order valence-electron chi connectivity index (χ3n) is 4.92. The predicted molar refractivity (Wildman–Crippen MR) is 112 cm³/mol. The smallest absolute Gasteiger partial charge is 0.223 e. The molecule has 3 heterocycles. The van der Waals surface area contributed by atoms with E-state index in [1.807, 2.05) is 11.0 Å². The molecule has 0 aliphatic carbocycles. The van der Waals surface area contributed by atoms with Gasteiger partial charge in [0.05, 0.1) is 5.69 Å². The molecule has 4 nitrogen and oxygen atoms in total. The normalized spacial score (nSPS) is 15.1. The first kappa shape index (κ1) is 19.2. The Morgan fingerprint density at radius 1 is 1.07 bits per heavy atom. The van der Waals surface area contributed by atoms with Crippen LogP contribution in [0.3, 0.4) is 0 Å². The molecule has 0 spiro atoms. The van der Waals surface area contributed by atoms with Gasteiger partial charge in [0.25, 0.3) is 0 Å². The van der Waals surface area contributed by atoms with Gasteiger partial charge in [0.1, 0.15) is 10.8 Å². The molecule has 4 rings (SSSR count). The van der Waals surface area contributed by atoms with Crippen LogP contribution in [0.4, 0.5) is 4.39 Å². The second-order valence-corrected chi connectivity index (χ2v) is 8.78. The summed E-state index contributed by atoms with van der Waals surface area (Å²) in [6.07, 6.45) is 1.43. The second-order valence-electron chi connectivity index (χ2n) is 6.89. The summed E-state index contributed by atoms with van der Waals surface area (Å²) in [5.74, 6) is 0.0173. The van der Waals surface area contributed by atoms with Crippen LogP contribution in [0, 0.1) is 5.82 Å². The van der Waals surface area contributed by atoms with E-state index in [9.17, 15) is 9.18 Å². The number of thiazole rings is 1. The number of carbonyl (C=O) groups is 1. The van der Waals surface area contributed by atoms with E-state index in [0.717, 1.165) is 55.4 Å². The summed E-state index contributed by atoms with van der Waals surface area (Å²) in [5, 5.41) is 5.04. The number of aryl methyl sites for hydroxylation is 1. The van der Waals surface area contributed by atoms with Crippen molar-refractivity contribution in [2.45, 2.75) is 19.4 Å². The summed E-state index contributed by atoms with van der Waals surface area (Å²) in [5.41, 5.74) is 1.97. The van der Waals surface area contributed by atoms with Crippen molar-refractivity contribution in [3.63, 3.8) is 0 Å². The van der Waals surface area contributed by atoms with Gasteiger partial charge in [-0.3, -0.25) is 9.69 Å². The second kappa shape index (κ2) is 8.94. The molecule has 0 atom stereocenters. The van der Waals surface area contributed by atoms with Crippen molar-refractivity contribution in [3.8, 4) is 10.6 Å². The third kappa shape index (κ3) is 4.84. The molecule has 28 heavy (non-hydrogen) atoms. The minimum absolute atomic E-state index is 0.233. The van der Waals surface area contributed by atoms with Crippen LogP contribution in [0.2, 0.25) is 0 Å². The number of piperazine rings is 1. The van der Waals surface area contributed by atoms with Crippen molar-refractivity contribution in [2.75, 3.05) is 26.2 Å². The minimum atomic E-state index is -0.233. The Labute approximate surface area is 172 Å². The molecule has 1 saturated heterocycles. The maximum Gasteiger partial charge on any atom is 0.223 e. The number of hydrogen-bond donors (Lipinski definition) is 0. The average Bonchev–Trinajstić information content (AvgIpc) is 3.39. The Morgan fingerprint density at radius 2 is 1.86 bits per heavy atom. The summed E-state index contributed by atoms with van der Waals surface area (Å²) in [6, 6.07) is 10.6. The lowest BCUT2D eigenvalue weighted by molar-refractivity contribution is -0.132. The third-order valence-corrected chi connectivity index (χ3v) is 6.80. The van der Waals surface area contributed by atoms with Gasteiger partial charge in [-0.2, -0.15) is 0 Å². The molecule has 0 radical (unpaired) electrons. The topological polar surface area (TPSA) is 36.4 Å². The number of amides is 1. The molecule has 1 aromatic carbocycles. The van der Waals surface area contributed by atoms with Gasteiger partial charge in [-0.05, 0) is 42.1 Å². The van der Waals surface area contributed by atoms with Crippen molar-refractivity contribution in [2.24, 2.45) is 0 Å². The number of thiophene rings is 1. The number of rotatable bonds is 6. The van der Waals surface area contributed by atoms with E-state index in [4.69, 9.17) is 4.98 Å². The van der Waals surface area contributed by atoms with Crippen molar-refractivity contribution in [3.05, 3.63) is 63.5 Å².